The summed E-state index contributed by atoms with van der Waals surface area (Å²) in [4.78, 5) is 17.4. The smallest absolute Gasteiger partial charge is 0.274 e. The minimum atomic E-state index is 0.138. The number of aromatic nitrogens is 2. The largest absolute Gasteiger partial charge is 0.379 e. The molecule has 0 saturated carbocycles. The molecular formula is C18H28N4O2. The zero-order chi connectivity index (χ0) is 16.4. The van der Waals surface area contributed by atoms with Crippen molar-refractivity contribution in [1.82, 2.24) is 20.0 Å². The highest BCUT2D eigenvalue weighted by atomic mass is 16.5. The molecular weight excluding hydrogens is 304 g/mol. The van der Waals surface area contributed by atoms with Crippen LogP contribution in [-0.2, 0) is 17.6 Å². The van der Waals surface area contributed by atoms with Crippen molar-refractivity contribution in [3.05, 3.63) is 17.0 Å². The summed E-state index contributed by atoms with van der Waals surface area (Å²) in [5.74, 6) is 0.847. The number of amides is 1. The van der Waals surface area contributed by atoms with Crippen LogP contribution in [0.5, 0.6) is 0 Å². The third-order valence-corrected chi connectivity index (χ3v) is 5.78. The van der Waals surface area contributed by atoms with E-state index < -0.39 is 0 Å². The molecule has 0 radical (unpaired) electrons. The van der Waals surface area contributed by atoms with E-state index in [4.69, 9.17) is 4.74 Å². The first-order valence-corrected chi connectivity index (χ1v) is 9.47. The van der Waals surface area contributed by atoms with Crippen molar-refractivity contribution in [3.63, 3.8) is 0 Å². The molecule has 0 bridgehead atoms. The molecule has 2 fully saturated rings. The molecule has 1 aromatic heterocycles. The molecule has 1 N–H and O–H groups in total. The Balaban J connectivity index is 1.32. The molecule has 1 amide bonds. The van der Waals surface area contributed by atoms with Crippen LogP contribution in [0.1, 0.15) is 47.4 Å². The van der Waals surface area contributed by atoms with E-state index in [1.807, 2.05) is 4.90 Å². The van der Waals surface area contributed by atoms with Gasteiger partial charge in [0, 0.05) is 44.0 Å². The van der Waals surface area contributed by atoms with Crippen molar-refractivity contribution < 1.29 is 9.53 Å². The van der Waals surface area contributed by atoms with Gasteiger partial charge in [-0.15, -0.1) is 0 Å². The van der Waals surface area contributed by atoms with Crippen LogP contribution in [0.4, 0.5) is 0 Å². The van der Waals surface area contributed by atoms with Crippen LogP contribution in [0, 0.1) is 5.92 Å². The Hall–Kier alpha value is -1.40. The molecule has 24 heavy (non-hydrogen) atoms. The third kappa shape index (κ3) is 3.35. The Morgan fingerprint density at radius 3 is 2.67 bits per heavy atom. The number of carbonyl (C=O) groups excluding carboxylic acids is 1. The topological polar surface area (TPSA) is 61.5 Å². The van der Waals surface area contributed by atoms with Gasteiger partial charge in [0.15, 0.2) is 5.69 Å². The summed E-state index contributed by atoms with van der Waals surface area (Å²) in [6.07, 6.45) is 6.63. The first kappa shape index (κ1) is 16.1. The number of morpholine rings is 1. The van der Waals surface area contributed by atoms with Gasteiger partial charge in [-0.2, -0.15) is 5.10 Å². The molecule has 0 unspecified atom stereocenters. The number of ether oxygens (including phenoxy) is 1. The molecule has 1 aliphatic carbocycles. The fraction of sp³-hybridized carbons (Fsp3) is 0.778. The highest BCUT2D eigenvalue weighted by Crippen LogP contribution is 2.25. The number of fused-ring (bicyclic) bond motifs is 1. The van der Waals surface area contributed by atoms with Gasteiger partial charge in [0.05, 0.1) is 13.2 Å². The second-order valence-corrected chi connectivity index (χ2v) is 7.38. The van der Waals surface area contributed by atoms with Gasteiger partial charge in [0.25, 0.3) is 5.91 Å². The van der Waals surface area contributed by atoms with Crippen molar-refractivity contribution in [2.24, 2.45) is 5.92 Å². The number of aromatic amines is 1. The van der Waals surface area contributed by atoms with E-state index in [2.05, 4.69) is 15.1 Å². The van der Waals surface area contributed by atoms with Gasteiger partial charge in [0.2, 0.25) is 0 Å². The van der Waals surface area contributed by atoms with Crippen molar-refractivity contribution in [2.75, 3.05) is 45.9 Å². The monoisotopic (exact) mass is 332 g/mol. The van der Waals surface area contributed by atoms with Gasteiger partial charge in [0.1, 0.15) is 0 Å². The Bertz CT molecular complexity index is 572. The molecule has 6 heteroatoms. The highest BCUT2D eigenvalue weighted by Gasteiger charge is 2.29. The molecule has 132 valence electrons. The highest BCUT2D eigenvalue weighted by molar-refractivity contribution is 5.94. The van der Waals surface area contributed by atoms with Crippen molar-refractivity contribution in [2.45, 2.75) is 38.5 Å². The number of hydrogen-bond acceptors (Lipinski definition) is 4. The average molecular weight is 332 g/mol. The van der Waals surface area contributed by atoms with E-state index in [9.17, 15) is 4.79 Å². The number of H-pyrrole nitrogens is 1. The summed E-state index contributed by atoms with van der Waals surface area (Å²) < 4.78 is 5.42. The zero-order valence-electron chi connectivity index (χ0n) is 14.4. The summed E-state index contributed by atoms with van der Waals surface area (Å²) in [6, 6.07) is 0. The van der Waals surface area contributed by atoms with Crippen LogP contribution >= 0.6 is 0 Å². The van der Waals surface area contributed by atoms with Gasteiger partial charge in [-0.25, -0.2) is 0 Å². The molecule has 1 aromatic rings. The van der Waals surface area contributed by atoms with E-state index in [0.29, 0.717) is 11.6 Å². The molecule has 0 aromatic carbocycles. The first-order chi connectivity index (χ1) is 11.8. The quantitative estimate of drug-likeness (QED) is 0.911. The first-order valence-electron chi connectivity index (χ1n) is 9.47. The van der Waals surface area contributed by atoms with E-state index in [1.54, 1.807) is 0 Å². The molecule has 0 atom stereocenters. The lowest BCUT2D eigenvalue weighted by molar-refractivity contribution is 0.0242. The van der Waals surface area contributed by atoms with Crippen molar-refractivity contribution >= 4 is 5.91 Å². The second kappa shape index (κ2) is 7.23. The maximum Gasteiger partial charge on any atom is 0.274 e. The van der Waals surface area contributed by atoms with E-state index in [1.165, 1.54) is 24.1 Å². The number of aryl methyl sites for hydroxylation is 1. The zero-order valence-corrected chi connectivity index (χ0v) is 14.4. The molecule has 2 aliphatic heterocycles. The number of nitrogens with one attached hydrogen (secondary N) is 1. The number of rotatable bonds is 3. The van der Waals surface area contributed by atoms with Gasteiger partial charge < -0.3 is 9.64 Å². The number of carbonyl (C=O) groups is 1. The van der Waals surface area contributed by atoms with Gasteiger partial charge in [-0.3, -0.25) is 14.8 Å². The maximum atomic E-state index is 12.8. The van der Waals surface area contributed by atoms with Crippen LogP contribution in [0.2, 0.25) is 0 Å². The molecule has 2 saturated heterocycles. The summed E-state index contributed by atoms with van der Waals surface area (Å²) >= 11 is 0. The van der Waals surface area contributed by atoms with Crippen LogP contribution in [-0.4, -0.2) is 71.8 Å². The number of nitrogens with zero attached hydrogens (tertiary/aromatic N) is 3. The van der Waals surface area contributed by atoms with Crippen LogP contribution in [0.3, 0.4) is 0 Å². The fourth-order valence-electron chi connectivity index (χ4n) is 4.28. The summed E-state index contributed by atoms with van der Waals surface area (Å²) in [6.45, 7) is 6.73. The Labute approximate surface area is 143 Å². The van der Waals surface area contributed by atoms with Crippen molar-refractivity contribution in [3.8, 4) is 0 Å². The standard InChI is InChI=1S/C18H28N4O2/c23-18(17-15-3-1-2-4-16(15)19-20-17)22-7-5-14(6-8-22)13-21-9-11-24-12-10-21/h14H,1-13H2,(H,19,20). The molecule has 6 nitrogen and oxygen atoms in total. The predicted molar refractivity (Wildman–Crippen MR) is 91.1 cm³/mol. The number of likely N-dealkylation sites (tertiary alicyclic amines) is 1. The summed E-state index contributed by atoms with van der Waals surface area (Å²) in [7, 11) is 0. The van der Waals surface area contributed by atoms with E-state index in [0.717, 1.165) is 71.6 Å². The molecule has 3 aliphatic rings. The number of piperidine rings is 1. The van der Waals surface area contributed by atoms with Crippen LogP contribution in [0.25, 0.3) is 0 Å². The Morgan fingerprint density at radius 1 is 1.12 bits per heavy atom. The third-order valence-electron chi connectivity index (χ3n) is 5.78. The van der Waals surface area contributed by atoms with Crippen LogP contribution in [0.15, 0.2) is 0 Å². The minimum absolute atomic E-state index is 0.138. The van der Waals surface area contributed by atoms with Gasteiger partial charge in [-0.1, -0.05) is 0 Å². The summed E-state index contributed by atoms with van der Waals surface area (Å²) in [5.41, 5.74) is 3.06. The summed E-state index contributed by atoms with van der Waals surface area (Å²) in [5, 5.41) is 7.44. The Morgan fingerprint density at radius 2 is 1.88 bits per heavy atom. The fourth-order valence-corrected chi connectivity index (χ4v) is 4.28. The molecule has 3 heterocycles. The average Bonchev–Trinajstić information content (AvgIpc) is 3.07. The van der Waals surface area contributed by atoms with E-state index >= 15 is 0 Å². The normalized spacial score (nSPS) is 23.2. The number of hydrogen-bond donors (Lipinski definition) is 1. The lowest BCUT2D eigenvalue weighted by Gasteiger charge is -2.36. The lowest BCUT2D eigenvalue weighted by atomic mass is 9.93. The predicted octanol–water partition coefficient (Wildman–Crippen LogP) is 1.47. The van der Waals surface area contributed by atoms with E-state index in [-0.39, 0.29) is 5.91 Å². The molecule has 4 rings (SSSR count). The van der Waals surface area contributed by atoms with Gasteiger partial charge in [-0.05, 0) is 44.4 Å². The van der Waals surface area contributed by atoms with Crippen molar-refractivity contribution in [1.29, 1.82) is 0 Å². The van der Waals surface area contributed by atoms with Crippen LogP contribution < -0.4 is 0 Å². The molecule has 0 spiro atoms. The SMILES string of the molecule is O=C(c1n[nH]c2c1CCCC2)N1CCC(CN2CCOCC2)CC1. The van der Waals surface area contributed by atoms with Gasteiger partial charge >= 0.3 is 0 Å². The second-order valence-electron chi connectivity index (χ2n) is 7.38. The minimum Gasteiger partial charge on any atom is -0.379 e. The Kier molecular flexibility index (Phi) is 4.85. The lowest BCUT2D eigenvalue weighted by Crippen LogP contribution is -2.44. The maximum absolute atomic E-state index is 12.8.